The molecule has 7 heteroatoms. The highest BCUT2D eigenvalue weighted by Crippen LogP contribution is 2.27. The van der Waals surface area contributed by atoms with Crippen molar-refractivity contribution in [2.45, 2.75) is 0 Å². The van der Waals surface area contributed by atoms with E-state index < -0.39 is 11.6 Å². The third-order valence-corrected chi connectivity index (χ3v) is 4.01. The van der Waals surface area contributed by atoms with Crippen LogP contribution in [0.5, 0.6) is 0 Å². The summed E-state index contributed by atoms with van der Waals surface area (Å²) in [4.78, 5) is 40.3. The molecule has 0 amide bonds. The van der Waals surface area contributed by atoms with Crippen molar-refractivity contribution in [1.29, 1.82) is 0 Å². The molecule has 4 aromatic rings. The quantitative estimate of drug-likeness (QED) is 0.458. The van der Waals surface area contributed by atoms with Crippen LogP contribution in [-0.2, 0) is 0 Å². The Balaban J connectivity index is 1.78. The third kappa shape index (κ3) is 2.24. The number of Topliss-reactive ketones (excluding diaryl/α,β-unsaturated/α-hetero) is 2. The molecule has 0 saturated carbocycles. The molecule has 116 valence electrons. The fraction of sp³-hybridized carbons (Fsp3) is 0. The maximum atomic E-state index is 12.6. The first kappa shape index (κ1) is 14.5. The van der Waals surface area contributed by atoms with Crippen LogP contribution in [0.1, 0.15) is 20.7 Å². The van der Waals surface area contributed by atoms with Gasteiger partial charge in [0.15, 0.2) is 5.65 Å². The highest BCUT2D eigenvalue weighted by Gasteiger charge is 2.23. The third-order valence-electron chi connectivity index (χ3n) is 3.69. The number of nitrogens with one attached hydrogen (secondary N) is 1. The fourth-order valence-corrected chi connectivity index (χ4v) is 2.83. The maximum Gasteiger partial charge on any atom is 0.235 e. The summed E-state index contributed by atoms with van der Waals surface area (Å²) in [5, 5.41) is 0.943. The van der Waals surface area contributed by atoms with Gasteiger partial charge in [0.1, 0.15) is 5.52 Å². The van der Waals surface area contributed by atoms with Crippen LogP contribution in [0.2, 0.25) is 5.02 Å². The van der Waals surface area contributed by atoms with E-state index in [-0.39, 0.29) is 11.1 Å². The van der Waals surface area contributed by atoms with Gasteiger partial charge in [-0.15, -0.1) is 0 Å². The minimum Gasteiger partial charge on any atom is -0.360 e. The van der Waals surface area contributed by atoms with Crippen molar-refractivity contribution in [3.05, 3.63) is 65.2 Å². The number of carbonyl (C=O) groups excluding carboxylic acids is 2. The summed E-state index contributed by atoms with van der Waals surface area (Å²) >= 11 is 6.16. The van der Waals surface area contributed by atoms with E-state index in [1.807, 2.05) is 0 Å². The summed E-state index contributed by atoms with van der Waals surface area (Å²) in [5.41, 5.74) is 1.96. The predicted molar refractivity (Wildman–Crippen MR) is 89.3 cm³/mol. The zero-order valence-electron chi connectivity index (χ0n) is 12.2. The second-order valence-electron chi connectivity index (χ2n) is 5.15. The first-order valence-corrected chi connectivity index (χ1v) is 7.44. The number of nitrogens with zero attached hydrogens (tertiary/aromatic N) is 3. The molecule has 24 heavy (non-hydrogen) atoms. The molecule has 0 bridgehead atoms. The number of carbonyl (C=O) groups is 2. The molecule has 0 radical (unpaired) electrons. The smallest absolute Gasteiger partial charge is 0.235 e. The van der Waals surface area contributed by atoms with Crippen molar-refractivity contribution in [2.75, 3.05) is 0 Å². The Bertz CT molecular complexity index is 1120. The Morgan fingerprint density at radius 2 is 1.88 bits per heavy atom. The Morgan fingerprint density at radius 1 is 1.04 bits per heavy atom. The molecular weight excluding hydrogens is 328 g/mol. The number of hydrogen-bond donors (Lipinski definition) is 1. The highest BCUT2D eigenvalue weighted by molar-refractivity contribution is 6.52. The standard InChI is InChI=1S/C17H9ClN4O2/c18-11-2-1-3-12-14(11)10(8-21-12)16(24)15(23)9-6-13-17(22-7-9)20-5-4-19-13/h1-8,21H. The lowest BCUT2D eigenvalue weighted by Gasteiger charge is -2.02. The van der Waals surface area contributed by atoms with Crippen molar-refractivity contribution >= 4 is 45.2 Å². The summed E-state index contributed by atoms with van der Waals surface area (Å²) in [5.74, 6) is -1.32. The summed E-state index contributed by atoms with van der Waals surface area (Å²) in [6.07, 6.45) is 5.83. The number of pyridine rings is 1. The number of H-pyrrole nitrogens is 1. The van der Waals surface area contributed by atoms with Gasteiger partial charge in [-0.25, -0.2) is 9.97 Å². The number of fused-ring (bicyclic) bond motifs is 2. The van der Waals surface area contributed by atoms with E-state index in [2.05, 4.69) is 19.9 Å². The van der Waals surface area contributed by atoms with Gasteiger partial charge in [-0.3, -0.25) is 14.6 Å². The van der Waals surface area contributed by atoms with Gasteiger partial charge in [0.2, 0.25) is 11.6 Å². The molecule has 0 atom stereocenters. The van der Waals surface area contributed by atoms with Gasteiger partial charge in [0, 0.05) is 41.3 Å². The highest BCUT2D eigenvalue weighted by atomic mass is 35.5. The van der Waals surface area contributed by atoms with Gasteiger partial charge in [-0.2, -0.15) is 0 Å². The van der Waals surface area contributed by atoms with Crippen LogP contribution in [0.3, 0.4) is 0 Å². The number of hydrogen-bond acceptors (Lipinski definition) is 5. The maximum absolute atomic E-state index is 12.6. The van der Waals surface area contributed by atoms with Crippen LogP contribution in [0.25, 0.3) is 22.1 Å². The van der Waals surface area contributed by atoms with Crippen molar-refractivity contribution < 1.29 is 9.59 Å². The van der Waals surface area contributed by atoms with Crippen molar-refractivity contribution in [3.63, 3.8) is 0 Å². The van der Waals surface area contributed by atoms with Crippen LogP contribution in [-0.4, -0.2) is 31.5 Å². The minimum absolute atomic E-state index is 0.161. The second-order valence-corrected chi connectivity index (χ2v) is 5.55. The number of benzene rings is 1. The Hall–Kier alpha value is -3.12. The molecule has 3 heterocycles. The largest absolute Gasteiger partial charge is 0.360 e. The summed E-state index contributed by atoms with van der Waals surface area (Å²) in [6, 6.07) is 6.73. The zero-order chi connectivity index (χ0) is 16.7. The molecule has 0 aliphatic carbocycles. The van der Waals surface area contributed by atoms with Crippen molar-refractivity contribution in [1.82, 2.24) is 19.9 Å². The lowest BCUT2D eigenvalue weighted by Crippen LogP contribution is -2.14. The van der Waals surface area contributed by atoms with Crippen LogP contribution in [0.4, 0.5) is 0 Å². The van der Waals surface area contributed by atoms with Crippen molar-refractivity contribution in [2.24, 2.45) is 0 Å². The topological polar surface area (TPSA) is 88.6 Å². The van der Waals surface area contributed by atoms with Crippen LogP contribution in [0, 0.1) is 0 Å². The van der Waals surface area contributed by atoms with Gasteiger partial charge in [0.25, 0.3) is 0 Å². The Morgan fingerprint density at radius 3 is 2.75 bits per heavy atom. The minimum atomic E-state index is -0.670. The second kappa shape index (κ2) is 5.50. The number of rotatable bonds is 3. The van der Waals surface area contributed by atoms with Gasteiger partial charge in [-0.1, -0.05) is 17.7 Å². The zero-order valence-corrected chi connectivity index (χ0v) is 12.9. The van der Waals surface area contributed by atoms with E-state index in [9.17, 15) is 9.59 Å². The predicted octanol–water partition coefficient (Wildman–Crippen LogP) is 3.23. The number of ketones is 2. The van der Waals surface area contributed by atoms with E-state index in [0.29, 0.717) is 27.1 Å². The summed E-state index contributed by atoms with van der Waals surface area (Å²) < 4.78 is 0. The van der Waals surface area contributed by atoms with Gasteiger partial charge >= 0.3 is 0 Å². The monoisotopic (exact) mass is 336 g/mol. The van der Waals surface area contributed by atoms with Gasteiger partial charge in [0.05, 0.1) is 10.6 Å². The van der Waals surface area contributed by atoms with E-state index in [4.69, 9.17) is 11.6 Å². The van der Waals surface area contributed by atoms with E-state index in [1.165, 1.54) is 30.9 Å². The van der Waals surface area contributed by atoms with Crippen LogP contribution >= 0.6 is 11.6 Å². The molecule has 3 aromatic heterocycles. The van der Waals surface area contributed by atoms with E-state index in [0.717, 1.165) is 0 Å². The SMILES string of the molecule is O=C(C(=O)c1c[nH]c2cccc(Cl)c12)c1cnc2nccnc2c1. The lowest BCUT2D eigenvalue weighted by atomic mass is 10.0. The average molecular weight is 337 g/mol. The van der Waals surface area contributed by atoms with Gasteiger partial charge < -0.3 is 4.98 Å². The molecule has 0 aliphatic heterocycles. The van der Waals surface area contributed by atoms with Gasteiger partial charge in [-0.05, 0) is 18.2 Å². The Kier molecular flexibility index (Phi) is 3.32. The molecule has 0 saturated heterocycles. The lowest BCUT2D eigenvalue weighted by molar-refractivity contribution is 0.0818. The first-order chi connectivity index (χ1) is 11.6. The number of aromatic amines is 1. The normalized spacial score (nSPS) is 11.0. The average Bonchev–Trinajstić information content (AvgIpc) is 3.05. The van der Waals surface area contributed by atoms with Crippen LogP contribution < -0.4 is 0 Å². The van der Waals surface area contributed by atoms with Crippen molar-refractivity contribution in [3.8, 4) is 0 Å². The molecule has 1 N–H and O–H groups in total. The van der Waals surface area contributed by atoms with E-state index in [1.54, 1.807) is 18.2 Å². The van der Waals surface area contributed by atoms with Crippen LogP contribution in [0.15, 0.2) is 49.1 Å². The summed E-state index contributed by atoms with van der Waals surface area (Å²) in [7, 11) is 0. The first-order valence-electron chi connectivity index (χ1n) is 7.06. The van der Waals surface area contributed by atoms with E-state index >= 15 is 0 Å². The number of aromatic nitrogens is 4. The molecule has 0 fully saturated rings. The Labute approximate surface area is 140 Å². The molecule has 6 nitrogen and oxygen atoms in total. The summed E-state index contributed by atoms with van der Waals surface area (Å²) in [6.45, 7) is 0. The molecule has 0 unspecified atom stereocenters. The molecule has 1 aromatic carbocycles. The molecular formula is C17H9ClN4O2. The number of halogens is 1. The molecule has 0 spiro atoms. The molecule has 0 aliphatic rings. The fourth-order valence-electron chi connectivity index (χ4n) is 2.55. The molecule has 4 rings (SSSR count).